The Morgan fingerprint density at radius 1 is 0.731 bits per heavy atom. The van der Waals surface area contributed by atoms with Crippen LogP contribution in [0.15, 0.2) is 0 Å². The molecule has 0 heterocycles. The summed E-state index contributed by atoms with van der Waals surface area (Å²) in [5.74, 6) is 0. The number of hydrogen-bond donors (Lipinski definition) is 2. The van der Waals surface area contributed by atoms with E-state index in [0.29, 0.717) is 25.7 Å². The molecule has 0 aliphatic rings. The average Bonchev–Trinajstić information content (AvgIpc) is 2.62. The summed E-state index contributed by atoms with van der Waals surface area (Å²) in [5, 5.41) is 16.9. The minimum Gasteiger partial charge on any atom is -0.432 e. The predicted octanol–water partition coefficient (Wildman–Crippen LogP) is 4.33. The van der Waals surface area contributed by atoms with Crippen LogP contribution >= 0.6 is 0 Å². The number of carbonyl (C=O) groups is 2. The van der Waals surface area contributed by atoms with E-state index in [0.717, 1.165) is 0 Å². The Bertz CT molecular complexity index is 345. The van der Waals surface area contributed by atoms with Crippen LogP contribution in [0, 0.1) is 0 Å². The van der Waals surface area contributed by atoms with Gasteiger partial charge in [0.05, 0.1) is 24.4 Å². The van der Waals surface area contributed by atoms with E-state index in [1.807, 2.05) is 13.8 Å². The first-order chi connectivity index (χ1) is 12.0. The summed E-state index contributed by atoms with van der Waals surface area (Å²) in [6, 6.07) is 0. The van der Waals surface area contributed by atoms with Gasteiger partial charge in [-0.2, -0.15) is 19.4 Å². The molecule has 2 N–H and O–H groups in total. The van der Waals surface area contributed by atoms with Gasteiger partial charge in [-0.25, -0.2) is 9.78 Å². The van der Waals surface area contributed by atoms with Gasteiger partial charge in [-0.15, -0.1) is 0 Å². The van der Waals surface area contributed by atoms with Crippen molar-refractivity contribution >= 4 is 12.3 Å². The molecule has 156 valence electrons. The summed E-state index contributed by atoms with van der Waals surface area (Å²) in [4.78, 5) is 37.6. The third-order valence-electron chi connectivity index (χ3n) is 2.85. The highest BCUT2D eigenvalue weighted by Crippen LogP contribution is 2.23. The van der Waals surface area contributed by atoms with Crippen LogP contribution in [-0.4, -0.2) is 47.2 Å². The molecule has 0 amide bonds. The lowest BCUT2D eigenvalue weighted by Gasteiger charge is -2.26. The molecule has 0 rings (SSSR count). The topological polar surface area (TPSA) is 130 Å². The fourth-order valence-electron chi connectivity index (χ4n) is 1.18. The molecule has 10 heteroatoms. The molecule has 10 nitrogen and oxygen atoms in total. The Balaban J connectivity index is 0. The highest BCUT2D eigenvalue weighted by atomic mass is 17.3. The van der Waals surface area contributed by atoms with Gasteiger partial charge in [-0.1, -0.05) is 13.8 Å². The molecule has 0 fully saturated rings. The first-order valence-electron chi connectivity index (χ1n) is 8.36. The third-order valence-corrected chi connectivity index (χ3v) is 2.85. The van der Waals surface area contributed by atoms with Crippen LogP contribution in [0.2, 0.25) is 0 Å². The molecule has 0 aliphatic heterocycles. The molecule has 0 aliphatic carbocycles. The molecule has 26 heavy (non-hydrogen) atoms. The van der Waals surface area contributed by atoms with Crippen LogP contribution in [0.5, 0.6) is 0 Å². The number of rotatable bonds is 9. The maximum Gasteiger partial charge on any atom is 0.549 e. The van der Waals surface area contributed by atoms with E-state index in [2.05, 4.69) is 29.0 Å². The van der Waals surface area contributed by atoms with E-state index in [4.69, 9.17) is 10.5 Å². The van der Waals surface area contributed by atoms with Gasteiger partial charge in [0.15, 0.2) is 0 Å². The molecule has 0 saturated carbocycles. The highest BCUT2D eigenvalue weighted by Gasteiger charge is 2.25. The maximum absolute atomic E-state index is 10.6. The lowest BCUT2D eigenvalue weighted by Crippen LogP contribution is -2.30. The number of hydrogen-bond acceptors (Lipinski definition) is 10. The molecular formula is C16H32O10. The summed E-state index contributed by atoms with van der Waals surface area (Å²) in [6.07, 6.45) is 0.430. The fourth-order valence-corrected chi connectivity index (χ4v) is 1.18. The van der Waals surface area contributed by atoms with Crippen LogP contribution < -0.4 is 0 Å². The standard InChI is InChI=1S/C8H14O6.C8H18O4/c1-3-5-11-7(9)13-14-8(10)12-6-4-2;1-7(2,11-9)5-6-8(3,4)12-10/h3-6H2,1-2H3;9-10H,5-6H2,1-4H3. The Hall–Kier alpha value is -1.62. The van der Waals surface area contributed by atoms with Gasteiger partial charge >= 0.3 is 12.3 Å². The maximum atomic E-state index is 10.6. The van der Waals surface area contributed by atoms with Gasteiger partial charge < -0.3 is 9.47 Å². The van der Waals surface area contributed by atoms with Crippen LogP contribution in [-0.2, 0) is 29.0 Å². The Labute approximate surface area is 154 Å². The van der Waals surface area contributed by atoms with Crippen LogP contribution in [0.1, 0.15) is 67.2 Å². The smallest absolute Gasteiger partial charge is 0.432 e. The van der Waals surface area contributed by atoms with E-state index < -0.39 is 23.5 Å². The molecule has 0 aromatic heterocycles. The van der Waals surface area contributed by atoms with Crippen LogP contribution in [0.4, 0.5) is 9.59 Å². The molecule has 0 aromatic rings. The van der Waals surface area contributed by atoms with Crippen molar-refractivity contribution in [2.24, 2.45) is 0 Å². The number of ether oxygens (including phenoxy) is 2. The zero-order chi connectivity index (χ0) is 20.6. The van der Waals surface area contributed by atoms with Gasteiger partial charge in [0.25, 0.3) is 0 Å². The Morgan fingerprint density at radius 2 is 1.04 bits per heavy atom. The van der Waals surface area contributed by atoms with Crippen molar-refractivity contribution in [3.8, 4) is 0 Å². The van der Waals surface area contributed by atoms with E-state index >= 15 is 0 Å². The summed E-state index contributed by atoms with van der Waals surface area (Å²) < 4.78 is 8.90. The van der Waals surface area contributed by atoms with Crippen molar-refractivity contribution in [1.29, 1.82) is 0 Å². The van der Waals surface area contributed by atoms with Gasteiger partial charge in [-0.05, 0) is 53.4 Å². The van der Waals surface area contributed by atoms with Gasteiger partial charge in [0.2, 0.25) is 0 Å². The van der Waals surface area contributed by atoms with Gasteiger partial charge in [0.1, 0.15) is 0 Å². The quantitative estimate of drug-likeness (QED) is 0.336. The highest BCUT2D eigenvalue weighted by molar-refractivity contribution is 5.63. The lowest BCUT2D eigenvalue weighted by atomic mass is 9.94. The second-order valence-corrected chi connectivity index (χ2v) is 6.57. The minimum atomic E-state index is -1.06. The Kier molecular flexibility index (Phi) is 14.9. The van der Waals surface area contributed by atoms with Crippen molar-refractivity contribution in [2.75, 3.05) is 13.2 Å². The predicted molar refractivity (Wildman–Crippen MR) is 90.3 cm³/mol. The van der Waals surface area contributed by atoms with Gasteiger partial charge in [0, 0.05) is 0 Å². The summed E-state index contributed by atoms with van der Waals surface area (Å²) in [7, 11) is 0. The van der Waals surface area contributed by atoms with Crippen molar-refractivity contribution < 1.29 is 49.1 Å². The zero-order valence-corrected chi connectivity index (χ0v) is 16.4. The van der Waals surface area contributed by atoms with E-state index in [1.165, 1.54) is 0 Å². The number of carbonyl (C=O) groups excluding carboxylic acids is 2. The molecule has 0 bridgehead atoms. The largest absolute Gasteiger partial charge is 0.549 e. The zero-order valence-electron chi connectivity index (χ0n) is 16.4. The van der Waals surface area contributed by atoms with Crippen molar-refractivity contribution in [2.45, 2.75) is 78.4 Å². The first-order valence-corrected chi connectivity index (χ1v) is 8.36. The molecule has 0 spiro atoms. The Morgan fingerprint density at radius 3 is 1.27 bits per heavy atom. The summed E-state index contributed by atoms with van der Waals surface area (Å²) in [5.41, 5.74) is -1.17. The van der Waals surface area contributed by atoms with E-state index in [9.17, 15) is 9.59 Å². The average molecular weight is 384 g/mol. The van der Waals surface area contributed by atoms with Crippen LogP contribution in [0.3, 0.4) is 0 Å². The van der Waals surface area contributed by atoms with Crippen molar-refractivity contribution in [3.63, 3.8) is 0 Å². The summed E-state index contributed by atoms with van der Waals surface area (Å²) >= 11 is 0. The van der Waals surface area contributed by atoms with Crippen LogP contribution in [0.25, 0.3) is 0 Å². The van der Waals surface area contributed by atoms with E-state index in [1.54, 1.807) is 27.7 Å². The molecule has 0 radical (unpaired) electrons. The van der Waals surface area contributed by atoms with E-state index in [-0.39, 0.29) is 13.2 Å². The molecular weight excluding hydrogens is 352 g/mol. The molecule has 0 aromatic carbocycles. The molecule has 0 saturated heterocycles. The monoisotopic (exact) mass is 384 g/mol. The SMILES string of the molecule is CC(C)(CCC(C)(C)OO)OO.CCCOC(=O)OOC(=O)OCCC. The normalized spacial score (nSPS) is 11.1. The fraction of sp³-hybridized carbons (Fsp3) is 0.875. The second-order valence-electron chi connectivity index (χ2n) is 6.57. The van der Waals surface area contributed by atoms with Crippen molar-refractivity contribution in [3.05, 3.63) is 0 Å². The molecule has 0 atom stereocenters. The molecule has 0 unspecified atom stereocenters. The summed E-state index contributed by atoms with van der Waals surface area (Å²) in [6.45, 7) is 11.1. The third kappa shape index (κ3) is 17.2. The second kappa shape index (κ2) is 14.5. The van der Waals surface area contributed by atoms with Gasteiger partial charge in [-0.3, -0.25) is 10.5 Å². The van der Waals surface area contributed by atoms with Crippen molar-refractivity contribution in [1.82, 2.24) is 0 Å². The first kappa shape index (κ1) is 26.6. The lowest BCUT2D eigenvalue weighted by molar-refractivity contribution is -0.331. The minimum absolute atomic E-state index is 0.214.